The smallest absolute Gasteiger partial charge is 0.303 e. The summed E-state index contributed by atoms with van der Waals surface area (Å²) in [6.07, 6.45) is 15.7. The van der Waals surface area contributed by atoms with E-state index < -0.39 is 12.1 Å². The number of rotatable bonds is 14. The van der Waals surface area contributed by atoms with Gasteiger partial charge in [-0.3, -0.25) is 9.59 Å². The van der Waals surface area contributed by atoms with Crippen LogP contribution >= 0.6 is 0 Å². The Morgan fingerprint density at radius 2 is 1.94 bits per heavy atom. The molecule has 2 unspecified atom stereocenters. The standard InChI is InChI=1S/C25H37NO5.C2H2/c1-3-23(22-11-8-7-10-19(22)2)31-18-21(27)15-13-20-14-16-24(28)26(20)17-9-5-4-6-12-25(29)30;1-2/h3,7-8,10-11,20-21,27H,4-6,9,12-18H2,1-2H3,(H,29,30);1-2H/b23-3-;. The van der Waals surface area contributed by atoms with Gasteiger partial charge in [-0.1, -0.05) is 37.1 Å². The number of likely N-dealkylation sites (tertiary alicyclic amines) is 1. The molecule has 1 fully saturated rings. The number of carboxylic acids is 1. The molecule has 1 heterocycles. The van der Waals surface area contributed by atoms with Crippen molar-refractivity contribution in [1.82, 2.24) is 4.90 Å². The molecule has 0 aromatic heterocycles. The van der Waals surface area contributed by atoms with Crippen molar-refractivity contribution in [1.29, 1.82) is 0 Å². The van der Waals surface area contributed by atoms with Crippen molar-refractivity contribution in [2.75, 3.05) is 13.2 Å². The number of amides is 1. The van der Waals surface area contributed by atoms with Gasteiger partial charge in [0.2, 0.25) is 5.91 Å². The lowest BCUT2D eigenvalue weighted by atomic mass is 10.1. The molecular formula is C27H39NO5. The van der Waals surface area contributed by atoms with Crippen LogP contribution in [-0.4, -0.2) is 52.3 Å². The minimum Gasteiger partial charge on any atom is -0.491 e. The highest BCUT2D eigenvalue weighted by molar-refractivity contribution is 5.78. The zero-order valence-electron chi connectivity index (χ0n) is 20.0. The van der Waals surface area contributed by atoms with E-state index in [1.165, 1.54) is 0 Å². The number of allylic oxidation sites excluding steroid dienone is 1. The lowest BCUT2D eigenvalue weighted by Gasteiger charge is -2.26. The van der Waals surface area contributed by atoms with Gasteiger partial charge < -0.3 is 19.8 Å². The van der Waals surface area contributed by atoms with Crippen LogP contribution in [0.5, 0.6) is 0 Å². The van der Waals surface area contributed by atoms with Gasteiger partial charge in [0.15, 0.2) is 0 Å². The highest BCUT2D eigenvalue weighted by atomic mass is 16.5. The van der Waals surface area contributed by atoms with E-state index in [2.05, 4.69) is 12.8 Å². The summed E-state index contributed by atoms with van der Waals surface area (Å²) < 4.78 is 5.89. The number of carboxylic acid groups (broad SMARTS) is 1. The van der Waals surface area contributed by atoms with Crippen molar-refractivity contribution < 1.29 is 24.5 Å². The number of nitrogens with zero attached hydrogens (tertiary/aromatic N) is 1. The summed E-state index contributed by atoms with van der Waals surface area (Å²) in [7, 11) is 0. The topological polar surface area (TPSA) is 87.1 Å². The van der Waals surface area contributed by atoms with Crippen LogP contribution in [0.1, 0.15) is 75.8 Å². The summed E-state index contributed by atoms with van der Waals surface area (Å²) in [6, 6.07) is 8.20. The highest BCUT2D eigenvalue weighted by Gasteiger charge is 2.30. The quantitative estimate of drug-likeness (QED) is 0.238. The fraction of sp³-hybridized carbons (Fsp3) is 0.556. The van der Waals surface area contributed by atoms with E-state index in [-0.39, 0.29) is 25.0 Å². The van der Waals surface area contributed by atoms with Crippen LogP contribution in [0.15, 0.2) is 30.3 Å². The normalized spacial score (nSPS) is 16.8. The van der Waals surface area contributed by atoms with E-state index in [9.17, 15) is 14.7 Å². The lowest BCUT2D eigenvalue weighted by molar-refractivity contribution is -0.137. The van der Waals surface area contributed by atoms with Gasteiger partial charge in [0, 0.05) is 31.0 Å². The second-order valence-corrected chi connectivity index (χ2v) is 8.35. The molecule has 2 atom stereocenters. The Labute approximate surface area is 198 Å². The number of terminal acetylenes is 1. The minimum absolute atomic E-state index is 0.179. The third kappa shape index (κ3) is 10.1. The van der Waals surface area contributed by atoms with Crippen molar-refractivity contribution in [3.8, 4) is 12.8 Å². The number of aliphatic hydroxyl groups excluding tert-OH is 1. The number of hydrogen-bond donors (Lipinski definition) is 2. The number of unbranched alkanes of at least 4 members (excludes halogenated alkanes) is 3. The molecule has 1 aromatic rings. The van der Waals surface area contributed by atoms with E-state index in [0.29, 0.717) is 19.3 Å². The number of aliphatic carboxylic acids is 1. The van der Waals surface area contributed by atoms with Gasteiger partial charge in [-0.2, -0.15) is 0 Å². The molecule has 6 nitrogen and oxygen atoms in total. The summed E-state index contributed by atoms with van der Waals surface area (Å²) in [5.74, 6) is 0.215. The summed E-state index contributed by atoms with van der Waals surface area (Å²) >= 11 is 0. The number of hydrogen-bond acceptors (Lipinski definition) is 4. The highest BCUT2D eigenvalue weighted by Crippen LogP contribution is 2.25. The summed E-state index contributed by atoms with van der Waals surface area (Å²) in [5, 5.41) is 19.1. The predicted molar refractivity (Wildman–Crippen MR) is 131 cm³/mol. The van der Waals surface area contributed by atoms with Crippen molar-refractivity contribution in [3.05, 3.63) is 41.5 Å². The Bertz CT molecular complexity index is 786. The van der Waals surface area contributed by atoms with Crippen LogP contribution < -0.4 is 0 Å². The van der Waals surface area contributed by atoms with Gasteiger partial charge >= 0.3 is 5.97 Å². The molecule has 0 saturated carbocycles. The van der Waals surface area contributed by atoms with Crippen LogP contribution in [0.4, 0.5) is 0 Å². The number of benzene rings is 1. The molecule has 0 radical (unpaired) electrons. The fourth-order valence-corrected chi connectivity index (χ4v) is 4.13. The first kappa shape index (κ1) is 28.3. The molecule has 1 aromatic carbocycles. The van der Waals surface area contributed by atoms with Crippen molar-refractivity contribution in [3.63, 3.8) is 0 Å². The molecule has 0 spiro atoms. The summed E-state index contributed by atoms with van der Waals surface area (Å²) in [6.45, 7) is 4.92. The Morgan fingerprint density at radius 1 is 1.24 bits per heavy atom. The molecule has 0 bridgehead atoms. The SMILES string of the molecule is C#C.C/C=C(\OCC(O)CCC1CCC(=O)N1CCCCCCC(=O)O)c1ccccc1C. The van der Waals surface area contributed by atoms with Crippen molar-refractivity contribution in [2.24, 2.45) is 0 Å². The van der Waals surface area contributed by atoms with Crippen LogP contribution in [0.3, 0.4) is 0 Å². The van der Waals surface area contributed by atoms with E-state index in [1.54, 1.807) is 0 Å². The average molecular weight is 458 g/mol. The van der Waals surface area contributed by atoms with Crippen LogP contribution in [-0.2, 0) is 14.3 Å². The maximum Gasteiger partial charge on any atom is 0.303 e. The molecule has 2 rings (SSSR count). The molecule has 1 amide bonds. The first-order chi connectivity index (χ1) is 15.9. The monoisotopic (exact) mass is 457 g/mol. The Balaban J connectivity index is 0.00000265. The van der Waals surface area contributed by atoms with E-state index in [1.807, 2.05) is 49.1 Å². The zero-order chi connectivity index (χ0) is 24.6. The van der Waals surface area contributed by atoms with Gasteiger partial charge in [0.1, 0.15) is 12.4 Å². The Kier molecular flexibility index (Phi) is 13.6. The van der Waals surface area contributed by atoms with Crippen LogP contribution in [0.2, 0.25) is 0 Å². The molecule has 33 heavy (non-hydrogen) atoms. The Morgan fingerprint density at radius 3 is 2.61 bits per heavy atom. The van der Waals surface area contributed by atoms with E-state index >= 15 is 0 Å². The predicted octanol–water partition coefficient (Wildman–Crippen LogP) is 4.79. The molecular weight excluding hydrogens is 418 g/mol. The summed E-state index contributed by atoms with van der Waals surface area (Å²) in [4.78, 5) is 24.7. The molecule has 0 aliphatic carbocycles. The average Bonchev–Trinajstić information content (AvgIpc) is 3.16. The molecule has 6 heteroatoms. The number of aryl methyl sites for hydroxylation is 1. The number of carbonyl (C=O) groups is 2. The van der Waals surface area contributed by atoms with Crippen LogP contribution in [0, 0.1) is 19.8 Å². The second kappa shape index (κ2) is 15.9. The Hall–Kier alpha value is -2.78. The summed E-state index contributed by atoms with van der Waals surface area (Å²) in [5.41, 5.74) is 2.17. The largest absolute Gasteiger partial charge is 0.491 e. The van der Waals surface area contributed by atoms with E-state index in [4.69, 9.17) is 9.84 Å². The zero-order valence-corrected chi connectivity index (χ0v) is 20.0. The molecule has 2 N–H and O–H groups in total. The maximum atomic E-state index is 12.2. The first-order valence-electron chi connectivity index (χ1n) is 11.8. The third-order valence-corrected chi connectivity index (χ3v) is 5.93. The van der Waals surface area contributed by atoms with Crippen molar-refractivity contribution in [2.45, 2.75) is 83.8 Å². The minimum atomic E-state index is -0.752. The van der Waals surface area contributed by atoms with Crippen LogP contribution in [0.25, 0.3) is 5.76 Å². The first-order valence-corrected chi connectivity index (χ1v) is 11.8. The third-order valence-electron chi connectivity index (χ3n) is 5.93. The molecule has 182 valence electrons. The fourth-order valence-electron chi connectivity index (χ4n) is 4.13. The number of carbonyl (C=O) groups excluding carboxylic acids is 1. The molecule has 1 aliphatic rings. The van der Waals surface area contributed by atoms with Crippen molar-refractivity contribution >= 4 is 17.6 Å². The number of ether oxygens (including phenoxy) is 1. The van der Waals surface area contributed by atoms with Gasteiger partial charge in [-0.25, -0.2) is 0 Å². The van der Waals surface area contributed by atoms with Gasteiger partial charge in [0.05, 0.1) is 6.10 Å². The number of aliphatic hydroxyl groups is 1. The van der Waals surface area contributed by atoms with E-state index in [0.717, 1.165) is 55.5 Å². The molecule has 1 aliphatic heterocycles. The van der Waals surface area contributed by atoms with Gasteiger partial charge in [-0.15, -0.1) is 12.8 Å². The lowest BCUT2D eigenvalue weighted by Crippen LogP contribution is -2.34. The van der Waals surface area contributed by atoms with Gasteiger partial charge in [-0.05, 0) is 57.6 Å². The molecule has 1 saturated heterocycles. The second-order valence-electron chi connectivity index (χ2n) is 8.35. The maximum absolute atomic E-state index is 12.2. The van der Waals surface area contributed by atoms with Gasteiger partial charge in [0.25, 0.3) is 0 Å².